The zero-order valence-electron chi connectivity index (χ0n) is 11.9. The van der Waals surface area contributed by atoms with Crippen LogP contribution in [0.15, 0.2) is 6.20 Å². The van der Waals surface area contributed by atoms with E-state index < -0.39 is 0 Å². The summed E-state index contributed by atoms with van der Waals surface area (Å²) in [6.45, 7) is 5.50. The second kappa shape index (κ2) is 10.1. The van der Waals surface area contributed by atoms with Crippen LogP contribution in [0, 0.1) is 0 Å². The van der Waals surface area contributed by atoms with Crippen molar-refractivity contribution in [3.8, 4) is 0 Å². The number of H-pyrrole nitrogens is 1. The van der Waals surface area contributed by atoms with E-state index in [0.29, 0.717) is 6.04 Å². The molecule has 0 aliphatic rings. The Labute approximate surface area is 111 Å². The molecule has 1 unspecified atom stereocenters. The maximum atomic E-state index is 4.20. The smallest absolute Gasteiger partial charge is 0.0993 e. The van der Waals surface area contributed by atoms with Gasteiger partial charge in [0.1, 0.15) is 0 Å². The third-order valence-electron chi connectivity index (χ3n) is 3.28. The Balaban J connectivity index is 2.20. The van der Waals surface area contributed by atoms with Crippen LogP contribution in [0.2, 0.25) is 0 Å². The molecule has 4 heteroatoms. The summed E-state index contributed by atoms with van der Waals surface area (Å²) in [6, 6.07) is 0.370. The topological polar surface area (TPSA) is 53.6 Å². The molecule has 1 aromatic rings. The molecule has 1 aromatic heterocycles. The van der Waals surface area contributed by atoms with Crippen LogP contribution in [0.25, 0.3) is 0 Å². The SMILES string of the molecule is CCCCCCCCC(NCCC)c1cn[nH]n1. The third-order valence-corrected chi connectivity index (χ3v) is 3.28. The Hall–Kier alpha value is -0.900. The first-order chi connectivity index (χ1) is 8.88. The maximum Gasteiger partial charge on any atom is 0.0993 e. The summed E-state index contributed by atoms with van der Waals surface area (Å²) in [6.07, 6.45) is 12.2. The molecular weight excluding hydrogens is 224 g/mol. The van der Waals surface area contributed by atoms with Gasteiger partial charge < -0.3 is 5.32 Å². The van der Waals surface area contributed by atoms with Gasteiger partial charge in [0.05, 0.1) is 17.9 Å². The molecule has 0 radical (unpaired) electrons. The summed E-state index contributed by atoms with van der Waals surface area (Å²) in [7, 11) is 0. The predicted octanol–water partition coefficient (Wildman–Crippen LogP) is 3.60. The van der Waals surface area contributed by atoms with Crippen molar-refractivity contribution in [2.75, 3.05) is 6.54 Å². The van der Waals surface area contributed by atoms with Gasteiger partial charge in [0.2, 0.25) is 0 Å². The highest BCUT2D eigenvalue weighted by molar-refractivity contribution is 4.99. The fourth-order valence-corrected chi connectivity index (χ4v) is 2.18. The van der Waals surface area contributed by atoms with Gasteiger partial charge in [0.15, 0.2) is 0 Å². The van der Waals surface area contributed by atoms with E-state index in [1.54, 1.807) is 0 Å². The average Bonchev–Trinajstić information content (AvgIpc) is 2.91. The van der Waals surface area contributed by atoms with Crippen molar-refractivity contribution in [3.05, 3.63) is 11.9 Å². The summed E-state index contributed by atoms with van der Waals surface area (Å²) in [5.41, 5.74) is 1.05. The quantitative estimate of drug-likeness (QED) is 0.592. The molecule has 4 nitrogen and oxygen atoms in total. The summed E-state index contributed by atoms with van der Waals surface area (Å²) in [5.74, 6) is 0. The second-order valence-corrected chi connectivity index (χ2v) is 4.96. The van der Waals surface area contributed by atoms with E-state index in [1.807, 2.05) is 6.20 Å². The fourth-order valence-electron chi connectivity index (χ4n) is 2.18. The Morgan fingerprint density at radius 1 is 1.11 bits per heavy atom. The molecule has 1 heterocycles. The standard InChI is InChI=1S/C14H28N4/c1-3-5-6-7-8-9-10-13(15-11-4-2)14-12-16-18-17-14/h12-13,15H,3-11H2,1-2H3,(H,16,17,18). The Bertz CT molecular complexity index is 271. The molecule has 1 atom stereocenters. The van der Waals surface area contributed by atoms with E-state index in [9.17, 15) is 0 Å². The van der Waals surface area contributed by atoms with Crippen molar-refractivity contribution in [3.63, 3.8) is 0 Å². The molecule has 0 aromatic carbocycles. The highest BCUT2D eigenvalue weighted by Gasteiger charge is 2.12. The van der Waals surface area contributed by atoms with Gasteiger partial charge in [-0.1, -0.05) is 52.4 Å². The zero-order chi connectivity index (χ0) is 13.1. The van der Waals surface area contributed by atoms with Gasteiger partial charge in [-0.3, -0.25) is 0 Å². The minimum atomic E-state index is 0.370. The average molecular weight is 252 g/mol. The molecule has 0 saturated heterocycles. The lowest BCUT2D eigenvalue weighted by Gasteiger charge is -2.15. The third kappa shape index (κ3) is 6.15. The minimum Gasteiger partial charge on any atom is -0.309 e. The highest BCUT2D eigenvalue weighted by atomic mass is 15.3. The van der Waals surface area contributed by atoms with Gasteiger partial charge in [0.25, 0.3) is 0 Å². The minimum absolute atomic E-state index is 0.370. The largest absolute Gasteiger partial charge is 0.309 e. The van der Waals surface area contributed by atoms with E-state index in [2.05, 4.69) is 34.6 Å². The van der Waals surface area contributed by atoms with Crippen LogP contribution >= 0.6 is 0 Å². The number of hydrogen-bond donors (Lipinski definition) is 2. The van der Waals surface area contributed by atoms with Gasteiger partial charge in [-0.15, -0.1) is 0 Å². The van der Waals surface area contributed by atoms with E-state index in [0.717, 1.165) is 18.7 Å². The molecule has 0 spiro atoms. The lowest BCUT2D eigenvalue weighted by atomic mass is 10.0. The molecule has 0 fully saturated rings. The summed E-state index contributed by atoms with van der Waals surface area (Å²) >= 11 is 0. The van der Waals surface area contributed by atoms with Crippen molar-refractivity contribution < 1.29 is 0 Å². The molecule has 1 rings (SSSR count). The number of unbranched alkanes of at least 4 members (excludes halogenated alkanes) is 5. The molecular formula is C14H28N4. The van der Waals surface area contributed by atoms with Crippen molar-refractivity contribution >= 4 is 0 Å². The molecule has 0 amide bonds. The maximum absolute atomic E-state index is 4.20. The van der Waals surface area contributed by atoms with Crippen LogP contribution < -0.4 is 5.32 Å². The zero-order valence-corrected chi connectivity index (χ0v) is 11.9. The van der Waals surface area contributed by atoms with E-state index in [1.165, 1.54) is 44.9 Å². The second-order valence-electron chi connectivity index (χ2n) is 4.96. The first-order valence-corrected chi connectivity index (χ1v) is 7.47. The van der Waals surface area contributed by atoms with Gasteiger partial charge in [-0.2, -0.15) is 15.4 Å². The van der Waals surface area contributed by atoms with Crippen LogP contribution in [0.5, 0.6) is 0 Å². The normalized spacial score (nSPS) is 12.8. The fraction of sp³-hybridized carbons (Fsp3) is 0.857. The van der Waals surface area contributed by atoms with Crippen LogP contribution in [0.3, 0.4) is 0 Å². The van der Waals surface area contributed by atoms with Crippen molar-refractivity contribution in [1.29, 1.82) is 0 Å². The lowest BCUT2D eigenvalue weighted by Crippen LogP contribution is -2.22. The molecule has 0 aliphatic carbocycles. The van der Waals surface area contributed by atoms with Gasteiger partial charge in [0, 0.05) is 0 Å². The van der Waals surface area contributed by atoms with Crippen LogP contribution in [0.4, 0.5) is 0 Å². The van der Waals surface area contributed by atoms with E-state index in [-0.39, 0.29) is 0 Å². The summed E-state index contributed by atoms with van der Waals surface area (Å²) in [4.78, 5) is 0. The molecule has 0 saturated carbocycles. The van der Waals surface area contributed by atoms with Crippen molar-refractivity contribution in [2.24, 2.45) is 0 Å². The van der Waals surface area contributed by atoms with E-state index >= 15 is 0 Å². The molecule has 2 N–H and O–H groups in total. The molecule has 18 heavy (non-hydrogen) atoms. The number of aromatic amines is 1. The summed E-state index contributed by atoms with van der Waals surface area (Å²) in [5, 5.41) is 14.4. The van der Waals surface area contributed by atoms with Gasteiger partial charge >= 0.3 is 0 Å². The predicted molar refractivity (Wildman–Crippen MR) is 75.4 cm³/mol. The number of aromatic nitrogens is 3. The number of hydrogen-bond acceptors (Lipinski definition) is 3. The number of nitrogens with zero attached hydrogens (tertiary/aromatic N) is 2. The van der Waals surface area contributed by atoms with Crippen LogP contribution in [0.1, 0.15) is 76.9 Å². The van der Waals surface area contributed by atoms with Crippen LogP contribution in [-0.4, -0.2) is 22.0 Å². The van der Waals surface area contributed by atoms with Gasteiger partial charge in [-0.05, 0) is 19.4 Å². The van der Waals surface area contributed by atoms with Gasteiger partial charge in [-0.25, -0.2) is 0 Å². The Morgan fingerprint density at radius 2 is 1.89 bits per heavy atom. The van der Waals surface area contributed by atoms with Crippen LogP contribution in [-0.2, 0) is 0 Å². The Morgan fingerprint density at radius 3 is 2.56 bits per heavy atom. The first-order valence-electron chi connectivity index (χ1n) is 7.47. The Kier molecular flexibility index (Phi) is 8.47. The first kappa shape index (κ1) is 15.2. The van der Waals surface area contributed by atoms with Crippen molar-refractivity contribution in [1.82, 2.24) is 20.7 Å². The van der Waals surface area contributed by atoms with E-state index in [4.69, 9.17) is 0 Å². The highest BCUT2D eigenvalue weighted by Crippen LogP contribution is 2.18. The monoisotopic (exact) mass is 252 g/mol. The lowest BCUT2D eigenvalue weighted by molar-refractivity contribution is 0.458. The molecule has 0 aliphatic heterocycles. The number of rotatable bonds is 11. The summed E-state index contributed by atoms with van der Waals surface area (Å²) < 4.78 is 0. The molecule has 0 bridgehead atoms. The molecule has 104 valence electrons. The van der Waals surface area contributed by atoms with Crippen molar-refractivity contribution in [2.45, 2.75) is 71.3 Å². The number of nitrogens with one attached hydrogen (secondary N) is 2.